The average Bonchev–Trinajstić information content (AvgIpc) is 2.16. The van der Waals surface area contributed by atoms with Crippen molar-refractivity contribution in [2.45, 2.75) is 26.3 Å². The van der Waals surface area contributed by atoms with Gasteiger partial charge in [0, 0.05) is 11.7 Å². The van der Waals surface area contributed by atoms with Crippen molar-refractivity contribution in [3.63, 3.8) is 0 Å². The van der Waals surface area contributed by atoms with Crippen LogP contribution in [0.4, 0.5) is 0 Å². The van der Waals surface area contributed by atoms with Crippen molar-refractivity contribution in [2.24, 2.45) is 0 Å². The van der Waals surface area contributed by atoms with E-state index in [4.69, 9.17) is 11.6 Å². The molecule has 0 saturated carbocycles. The fraction of sp³-hybridized carbons (Fsp3) is 0.364. The summed E-state index contributed by atoms with van der Waals surface area (Å²) in [6.45, 7) is 5.81. The number of aromatic nitrogens is 3. The molecule has 0 radical (unpaired) electrons. The predicted molar refractivity (Wildman–Crippen MR) is 63.8 cm³/mol. The number of pyridine rings is 1. The van der Waals surface area contributed by atoms with Crippen LogP contribution in [0, 0.1) is 0 Å². The molecule has 0 atom stereocenters. The van der Waals surface area contributed by atoms with Crippen molar-refractivity contribution in [1.29, 1.82) is 0 Å². The third kappa shape index (κ3) is 1.69. The molecule has 0 aromatic carbocycles. The minimum Gasteiger partial charge on any atom is -0.293 e. The fourth-order valence-electron chi connectivity index (χ4n) is 1.49. The van der Waals surface area contributed by atoms with Gasteiger partial charge in [0.2, 0.25) is 0 Å². The minimum absolute atomic E-state index is 0.157. The number of nitrogens with zero attached hydrogens (tertiary/aromatic N) is 3. The molecule has 5 heteroatoms. The van der Waals surface area contributed by atoms with Crippen LogP contribution in [0.1, 0.15) is 20.8 Å². The van der Waals surface area contributed by atoms with Crippen LogP contribution < -0.4 is 5.56 Å². The smallest absolute Gasteiger partial charge is 0.264 e. The Balaban J connectivity index is 2.90. The van der Waals surface area contributed by atoms with Crippen LogP contribution in [-0.2, 0) is 5.54 Å². The summed E-state index contributed by atoms with van der Waals surface area (Å²) in [6, 6.07) is 1.60. The summed E-state index contributed by atoms with van der Waals surface area (Å²) in [5.41, 5.74) is -0.0918. The monoisotopic (exact) mass is 237 g/mol. The highest BCUT2D eigenvalue weighted by Gasteiger charge is 2.17. The molecule has 2 aromatic rings. The number of hydrogen-bond acceptors (Lipinski definition) is 3. The summed E-state index contributed by atoms with van der Waals surface area (Å²) in [7, 11) is 0. The molecule has 0 amide bonds. The maximum atomic E-state index is 12.2. The lowest BCUT2D eigenvalue weighted by Gasteiger charge is -2.21. The lowest BCUT2D eigenvalue weighted by atomic mass is 10.1. The van der Waals surface area contributed by atoms with Crippen molar-refractivity contribution in [3.05, 3.63) is 34.0 Å². The van der Waals surface area contributed by atoms with Gasteiger partial charge in [-0.3, -0.25) is 9.36 Å². The molecule has 0 aliphatic heterocycles. The second-order valence-electron chi connectivity index (χ2n) is 4.58. The molecule has 0 bridgehead atoms. The van der Waals surface area contributed by atoms with E-state index < -0.39 is 0 Å². The summed E-state index contributed by atoms with van der Waals surface area (Å²) in [5.74, 6) is 0. The number of fused-ring (bicyclic) bond motifs is 1. The molecule has 0 aliphatic rings. The van der Waals surface area contributed by atoms with Crippen molar-refractivity contribution in [1.82, 2.24) is 14.5 Å². The van der Waals surface area contributed by atoms with Crippen LogP contribution in [0.15, 0.2) is 23.4 Å². The summed E-state index contributed by atoms with van der Waals surface area (Å²) in [5, 5.41) is 0.766. The van der Waals surface area contributed by atoms with E-state index in [-0.39, 0.29) is 11.1 Å². The van der Waals surface area contributed by atoms with E-state index in [1.807, 2.05) is 20.8 Å². The largest absolute Gasteiger partial charge is 0.293 e. The van der Waals surface area contributed by atoms with Crippen LogP contribution in [0.25, 0.3) is 11.0 Å². The normalized spacial score (nSPS) is 12.0. The summed E-state index contributed by atoms with van der Waals surface area (Å²) in [6.07, 6.45) is 3.05. The Labute approximate surface area is 97.9 Å². The molecule has 16 heavy (non-hydrogen) atoms. The van der Waals surface area contributed by atoms with Crippen molar-refractivity contribution >= 4 is 22.6 Å². The Bertz CT molecular complexity index is 598. The van der Waals surface area contributed by atoms with E-state index in [0.29, 0.717) is 16.1 Å². The highest BCUT2D eigenvalue weighted by atomic mass is 35.5. The SMILES string of the molecule is CC(C)(C)n1cnc2nccc(Cl)c2c1=O. The molecule has 0 unspecified atom stereocenters. The van der Waals surface area contributed by atoms with E-state index in [0.717, 1.165) is 0 Å². The molecular formula is C11H12ClN3O. The van der Waals surface area contributed by atoms with Crippen LogP contribution in [0.3, 0.4) is 0 Å². The Morgan fingerprint density at radius 2 is 2.00 bits per heavy atom. The molecule has 0 saturated heterocycles. The summed E-state index contributed by atoms with van der Waals surface area (Å²) in [4.78, 5) is 20.3. The van der Waals surface area contributed by atoms with E-state index in [9.17, 15) is 4.79 Å². The van der Waals surface area contributed by atoms with Crippen LogP contribution >= 0.6 is 11.6 Å². The van der Waals surface area contributed by atoms with Gasteiger partial charge in [-0.05, 0) is 26.8 Å². The molecule has 0 fully saturated rings. The lowest BCUT2D eigenvalue weighted by Crippen LogP contribution is -2.34. The van der Waals surface area contributed by atoms with Crippen molar-refractivity contribution in [2.75, 3.05) is 0 Å². The highest BCUT2D eigenvalue weighted by Crippen LogP contribution is 2.17. The molecule has 4 nitrogen and oxygen atoms in total. The van der Waals surface area contributed by atoms with E-state index in [1.54, 1.807) is 16.8 Å². The molecule has 0 spiro atoms. The Kier molecular flexibility index (Phi) is 2.46. The average molecular weight is 238 g/mol. The van der Waals surface area contributed by atoms with Gasteiger partial charge in [0.1, 0.15) is 11.7 Å². The first-order valence-corrected chi connectivity index (χ1v) is 5.31. The number of rotatable bonds is 0. The summed E-state index contributed by atoms with van der Waals surface area (Å²) < 4.78 is 1.56. The molecular weight excluding hydrogens is 226 g/mol. The second kappa shape index (κ2) is 3.56. The zero-order chi connectivity index (χ0) is 11.9. The van der Waals surface area contributed by atoms with Gasteiger partial charge in [0.15, 0.2) is 5.65 Å². The van der Waals surface area contributed by atoms with Gasteiger partial charge in [0.25, 0.3) is 5.56 Å². The molecule has 84 valence electrons. The van der Waals surface area contributed by atoms with E-state index in [1.165, 1.54) is 6.33 Å². The van der Waals surface area contributed by atoms with Crippen LogP contribution in [0.2, 0.25) is 5.02 Å². The molecule has 0 aliphatic carbocycles. The quantitative estimate of drug-likeness (QED) is 0.706. The van der Waals surface area contributed by atoms with Crippen molar-refractivity contribution in [3.8, 4) is 0 Å². The third-order valence-corrected chi connectivity index (χ3v) is 2.65. The van der Waals surface area contributed by atoms with Gasteiger partial charge >= 0.3 is 0 Å². The third-order valence-electron chi connectivity index (χ3n) is 2.33. The molecule has 2 heterocycles. The predicted octanol–water partition coefficient (Wildman–Crippen LogP) is 2.20. The van der Waals surface area contributed by atoms with Crippen LogP contribution in [0.5, 0.6) is 0 Å². The maximum Gasteiger partial charge on any atom is 0.264 e. The van der Waals surface area contributed by atoms with Gasteiger partial charge < -0.3 is 0 Å². The Morgan fingerprint density at radius 1 is 1.31 bits per heavy atom. The van der Waals surface area contributed by atoms with Gasteiger partial charge in [-0.1, -0.05) is 11.6 Å². The van der Waals surface area contributed by atoms with Crippen LogP contribution in [-0.4, -0.2) is 14.5 Å². The highest BCUT2D eigenvalue weighted by molar-refractivity contribution is 6.35. The number of hydrogen-bond donors (Lipinski definition) is 0. The Hall–Kier alpha value is -1.42. The molecule has 0 N–H and O–H groups in total. The first-order chi connectivity index (χ1) is 7.41. The van der Waals surface area contributed by atoms with Gasteiger partial charge in [-0.2, -0.15) is 0 Å². The van der Waals surface area contributed by atoms with Crippen molar-refractivity contribution < 1.29 is 0 Å². The molecule has 2 aromatic heterocycles. The lowest BCUT2D eigenvalue weighted by molar-refractivity contribution is 0.381. The standard InChI is InChI=1S/C11H12ClN3O/c1-11(2,3)15-6-14-9-8(10(15)16)7(12)4-5-13-9/h4-6H,1-3H3. The first kappa shape index (κ1) is 11.1. The number of halogens is 1. The maximum absolute atomic E-state index is 12.2. The van der Waals surface area contributed by atoms with Gasteiger partial charge in [0.05, 0.1) is 5.02 Å². The summed E-state index contributed by atoms with van der Waals surface area (Å²) >= 11 is 5.99. The minimum atomic E-state index is -0.322. The second-order valence-corrected chi connectivity index (χ2v) is 4.99. The zero-order valence-corrected chi connectivity index (χ0v) is 10.1. The topological polar surface area (TPSA) is 47.8 Å². The fourth-order valence-corrected chi connectivity index (χ4v) is 1.71. The molecule has 2 rings (SSSR count). The van der Waals surface area contributed by atoms with E-state index >= 15 is 0 Å². The zero-order valence-electron chi connectivity index (χ0n) is 9.36. The van der Waals surface area contributed by atoms with Gasteiger partial charge in [-0.25, -0.2) is 9.97 Å². The first-order valence-electron chi connectivity index (χ1n) is 4.93. The Morgan fingerprint density at radius 3 is 2.62 bits per heavy atom. The van der Waals surface area contributed by atoms with E-state index in [2.05, 4.69) is 9.97 Å². The van der Waals surface area contributed by atoms with Gasteiger partial charge in [-0.15, -0.1) is 0 Å².